The van der Waals surface area contributed by atoms with Gasteiger partial charge in [0.15, 0.2) is 0 Å². The van der Waals surface area contributed by atoms with Crippen LogP contribution in [0.2, 0.25) is 0 Å². The summed E-state index contributed by atoms with van der Waals surface area (Å²) in [5.74, 6) is -2.13. The summed E-state index contributed by atoms with van der Waals surface area (Å²) in [6.07, 6.45) is 0. The van der Waals surface area contributed by atoms with E-state index >= 15 is 0 Å². The lowest BCUT2D eigenvalue weighted by molar-refractivity contribution is -0.117. The topological polar surface area (TPSA) is 141 Å². The number of hydrogen-bond acceptors (Lipinski definition) is 6. The van der Waals surface area contributed by atoms with Gasteiger partial charge in [-0.3, -0.25) is 10.1 Å². The standard InChI is InChI=1S/C11H14N4O5S/c1-3-12-10(19)14-6(16)4-21-8-7(9(17)18)5(2)13-11(20)15-8/h3-4H2,1-2H3,(H,17,18)(H,13,15,20)(H2,12,14,16,19). The molecule has 1 rings (SSSR count). The van der Waals surface area contributed by atoms with Crippen molar-refractivity contribution in [2.24, 2.45) is 0 Å². The van der Waals surface area contributed by atoms with Crippen molar-refractivity contribution >= 4 is 29.7 Å². The maximum Gasteiger partial charge on any atom is 0.346 e. The van der Waals surface area contributed by atoms with Crippen molar-refractivity contribution in [3.05, 3.63) is 21.7 Å². The molecule has 0 bridgehead atoms. The number of urea groups is 1. The molecule has 0 spiro atoms. The number of thioether (sulfide) groups is 1. The maximum absolute atomic E-state index is 11.5. The Hall–Kier alpha value is -2.36. The van der Waals surface area contributed by atoms with E-state index < -0.39 is 23.6 Å². The van der Waals surface area contributed by atoms with E-state index in [0.717, 1.165) is 11.8 Å². The Kier molecular flexibility index (Phi) is 5.91. The predicted octanol–water partition coefficient (Wildman–Crippen LogP) is -0.286. The van der Waals surface area contributed by atoms with Crippen LogP contribution in [0.4, 0.5) is 4.79 Å². The zero-order valence-electron chi connectivity index (χ0n) is 11.3. The molecule has 0 saturated carbocycles. The van der Waals surface area contributed by atoms with E-state index in [1.54, 1.807) is 6.92 Å². The molecular weight excluding hydrogens is 300 g/mol. The van der Waals surface area contributed by atoms with Gasteiger partial charge in [-0.1, -0.05) is 11.8 Å². The summed E-state index contributed by atoms with van der Waals surface area (Å²) in [6.45, 7) is 3.48. The summed E-state index contributed by atoms with van der Waals surface area (Å²) in [6, 6.07) is -0.642. The third kappa shape index (κ3) is 4.91. The molecule has 0 aromatic carbocycles. The van der Waals surface area contributed by atoms with Crippen LogP contribution in [0.1, 0.15) is 23.0 Å². The summed E-state index contributed by atoms with van der Waals surface area (Å²) in [5.41, 5.74) is -0.733. The second-order valence-electron chi connectivity index (χ2n) is 3.85. The first-order valence-corrected chi connectivity index (χ1v) is 6.88. The molecule has 0 fully saturated rings. The normalized spacial score (nSPS) is 10.0. The fourth-order valence-corrected chi connectivity index (χ4v) is 2.29. The highest BCUT2D eigenvalue weighted by molar-refractivity contribution is 8.00. The molecule has 1 aromatic heterocycles. The number of rotatable bonds is 5. The van der Waals surface area contributed by atoms with Crippen molar-refractivity contribution in [1.82, 2.24) is 20.6 Å². The molecule has 10 heteroatoms. The van der Waals surface area contributed by atoms with Gasteiger partial charge in [0.25, 0.3) is 0 Å². The third-order valence-electron chi connectivity index (χ3n) is 2.23. The number of carbonyl (C=O) groups excluding carboxylic acids is 2. The highest BCUT2D eigenvalue weighted by atomic mass is 32.2. The number of nitrogens with one attached hydrogen (secondary N) is 3. The molecule has 114 valence electrons. The lowest BCUT2D eigenvalue weighted by Crippen LogP contribution is -2.40. The summed E-state index contributed by atoms with van der Waals surface area (Å²) >= 11 is 0.768. The number of nitrogens with zero attached hydrogens (tertiary/aromatic N) is 1. The van der Waals surface area contributed by atoms with Gasteiger partial charge >= 0.3 is 17.7 Å². The van der Waals surface area contributed by atoms with E-state index in [9.17, 15) is 19.2 Å². The van der Waals surface area contributed by atoms with Crippen molar-refractivity contribution in [2.75, 3.05) is 12.3 Å². The predicted molar refractivity (Wildman–Crippen MR) is 74.5 cm³/mol. The van der Waals surface area contributed by atoms with E-state index in [0.29, 0.717) is 6.54 Å². The largest absolute Gasteiger partial charge is 0.478 e. The van der Waals surface area contributed by atoms with E-state index in [1.165, 1.54) is 6.92 Å². The molecule has 1 aromatic rings. The summed E-state index contributed by atoms with van der Waals surface area (Å²) in [4.78, 5) is 50.8. The first kappa shape index (κ1) is 16.7. The molecule has 0 radical (unpaired) electrons. The molecule has 0 aliphatic carbocycles. The van der Waals surface area contributed by atoms with Crippen LogP contribution in [-0.2, 0) is 4.79 Å². The zero-order valence-corrected chi connectivity index (χ0v) is 12.2. The van der Waals surface area contributed by atoms with Crippen molar-refractivity contribution in [3.63, 3.8) is 0 Å². The molecule has 1 heterocycles. The van der Waals surface area contributed by atoms with Crippen LogP contribution < -0.4 is 16.3 Å². The fraction of sp³-hybridized carbons (Fsp3) is 0.364. The van der Waals surface area contributed by atoms with Crippen molar-refractivity contribution < 1.29 is 19.5 Å². The van der Waals surface area contributed by atoms with Gasteiger partial charge in [0, 0.05) is 12.2 Å². The van der Waals surface area contributed by atoms with Crippen LogP contribution in [-0.4, -0.2) is 45.3 Å². The number of imide groups is 1. The number of carboxylic acid groups (broad SMARTS) is 1. The molecular formula is C11H14N4O5S. The summed E-state index contributed by atoms with van der Waals surface area (Å²) < 4.78 is 0. The third-order valence-corrected chi connectivity index (χ3v) is 3.21. The highest BCUT2D eigenvalue weighted by Gasteiger charge is 2.18. The Balaban J connectivity index is 2.80. The van der Waals surface area contributed by atoms with Crippen molar-refractivity contribution in [1.29, 1.82) is 0 Å². The maximum atomic E-state index is 11.5. The number of aromatic nitrogens is 2. The van der Waals surface area contributed by atoms with Crippen LogP contribution in [0, 0.1) is 6.92 Å². The van der Waals surface area contributed by atoms with Gasteiger partial charge in [-0.2, -0.15) is 4.98 Å². The second kappa shape index (κ2) is 7.43. The van der Waals surface area contributed by atoms with Crippen LogP contribution in [0.5, 0.6) is 0 Å². The average Bonchev–Trinajstić information content (AvgIpc) is 2.35. The number of aryl methyl sites for hydroxylation is 1. The Labute approximate surface area is 123 Å². The monoisotopic (exact) mass is 314 g/mol. The Morgan fingerprint density at radius 3 is 2.62 bits per heavy atom. The van der Waals surface area contributed by atoms with Crippen molar-refractivity contribution in [3.8, 4) is 0 Å². The number of carboxylic acids is 1. The van der Waals surface area contributed by atoms with Gasteiger partial charge in [0.05, 0.1) is 5.75 Å². The first-order chi connectivity index (χ1) is 9.85. The summed E-state index contributed by atoms with van der Waals surface area (Å²) in [7, 11) is 0. The molecule has 0 atom stereocenters. The number of carbonyl (C=O) groups is 3. The van der Waals surface area contributed by atoms with Gasteiger partial charge in [-0.05, 0) is 13.8 Å². The number of amides is 3. The van der Waals surface area contributed by atoms with E-state index in [4.69, 9.17) is 5.11 Å². The number of aromatic amines is 1. The average molecular weight is 314 g/mol. The van der Waals surface area contributed by atoms with E-state index in [2.05, 4.69) is 20.6 Å². The minimum absolute atomic E-state index is 0.0743. The van der Waals surface area contributed by atoms with Gasteiger partial charge in [-0.25, -0.2) is 14.4 Å². The molecule has 0 aliphatic heterocycles. The fourth-order valence-electron chi connectivity index (χ4n) is 1.42. The second-order valence-corrected chi connectivity index (χ2v) is 4.81. The minimum Gasteiger partial charge on any atom is -0.478 e. The molecule has 3 amide bonds. The van der Waals surface area contributed by atoms with Gasteiger partial charge in [-0.15, -0.1) is 0 Å². The molecule has 4 N–H and O–H groups in total. The van der Waals surface area contributed by atoms with Crippen LogP contribution in [0.15, 0.2) is 9.82 Å². The molecule has 9 nitrogen and oxygen atoms in total. The van der Waals surface area contributed by atoms with Crippen LogP contribution in [0.25, 0.3) is 0 Å². The molecule has 21 heavy (non-hydrogen) atoms. The quantitative estimate of drug-likeness (QED) is 0.432. The number of H-pyrrole nitrogens is 1. The van der Waals surface area contributed by atoms with Gasteiger partial charge in [0.1, 0.15) is 10.6 Å². The SMILES string of the molecule is CCNC(=O)NC(=O)CSc1nc(=O)[nH]c(C)c1C(=O)O. The first-order valence-electron chi connectivity index (χ1n) is 5.89. The van der Waals surface area contributed by atoms with Gasteiger partial charge < -0.3 is 15.4 Å². The lowest BCUT2D eigenvalue weighted by Gasteiger charge is -2.07. The zero-order chi connectivity index (χ0) is 16.0. The Bertz CT molecular complexity index is 628. The molecule has 0 saturated heterocycles. The molecule has 0 unspecified atom stereocenters. The number of aromatic carboxylic acids is 1. The summed E-state index contributed by atoms with van der Waals surface area (Å²) in [5, 5.41) is 13.4. The minimum atomic E-state index is -1.26. The molecule has 0 aliphatic rings. The van der Waals surface area contributed by atoms with Crippen LogP contribution >= 0.6 is 11.8 Å². The van der Waals surface area contributed by atoms with E-state index in [-0.39, 0.29) is 22.0 Å². The Morgan fingerprint density at radius 2 is 2.05 bits per heavy atom. The van der Waals surface area contributed by atoms with Crippen molar-refractivity contribution in [2.45, 2.75) is 18.9 Å². The lowest BCUT2D eigenvalue weighted by atomic mass is 10.2. The smallest absolute Gasteiger partial charge is 0.346 e. The highest BCUT2D eigenvalue weighted by Crippen LogP contribution is 2.20. The van der Waals surface area contributed by atoms with Gasteiger partial charge in [0.2, 0.25) is 5.91 Å². The number of hydrogen-bond donors (Lipinski definition) is 4. The van der Waals surface area contributed by atoms with E-state index in [1.807, 2.05) is 0 Å². The van der Waals surface area contributed by atoms with Crippen LogP contribution in [0.3, 0.4) is 0 Å². The Morgan fingerprint density at radius 1 is 1.38 bits per heavy atom.